The molecular weight excluding hydrogens is 256 g/mol. The molecule has 0 bridgehead atoms. The molecule has 0 saturated carbocycles. The van der Waals surface area contributed by atoms with Gasteiger partial charge in [0.15, 0.2) is 6.04 Å². The first-order chi connectivity index (χ1) is 8.61. The molecule has 1 aromatic heterocycles. The third-order valence-corrected chi connectivity index (χ3v) is 3.90. The number of aliphatic carboxylic acids is 1. The van der Waals surface area contributed by atoms with Crippen molar-refractivity contribution >= 4 is 23.3 Å². The van der Waals surface area contributed by atoms with Gasteiger partial charge in [-0.25, -0.2) is 9.59 Å². The number of carbonyl (C=O) groups is 2. The van der Waals surface area contributed by atoms with E-state index in [1.807, 2.05) is 11.4 Å². The molecule has 1 atom stereocenters. The summed E-state index contributed by atoms with van der Waals surface area (Å²) in [6.07, 6.45) is 0.789. The Morgan fingerprint density at radius 3 is 3.00 bits per heavy atom. The largest absolute Gasteiger partial charge is 0.480 e. The van der Waals surface area contributed by atoms with E-state index >= 15 is 0 Å². The van der Waals surface area contributed by atoms with Gasteiger partial charge in [0.05, 0.1) is 6.61 Å². The molecule has 0 spiro atoms. The lowest BCUT2D eigenvalue weighted by Gasteiger charge is -2.28. The Morgan fingerprint density at radius 2 is 2.33 bits per heavy atom. The number of rotatable bonds is 3. The highest BCUT2D eigenvalue weighted by atomic mass is 32.1. The summed E-state index contributed by atoms with van der Waals surface area (Å²) in [6, 6.07) is 0.273. The van der Waals surface area contributed by atoms with Crippen molar-refractivity contribution < 1.29 is 19.8 Å². The fourth-order valence-corrected chi connectivity index (χ4v) is 2.74. The molecule has 0 aromatic carbocycles. The van der Waals surface area contributed by atoms with Crippen LogP contribution < -0.4 is 5.32 Å². The van der Waals surface area contributed by atoms with Crippen molar-refractivity contribution in [1.29, 1.82) is 0 Å². The van der Waals surface area contributed by atoms with Gasteiger partial charge in [0.25, 0.3) is 0 Å². The van der Waals surface area contributed by atoms with Crippen LogP contribution in [0.1, 0.15) is 10.4 Å². The average molecular weight is 270 g/mol. The Bertz CT molecular complexity index is 460. The first kappa shape index (κ1) is 12.8. The van der Waals surface area contributed by atoms with E-state index in [0.29, 0.717) is 13.1 Å². The van der Waals surface area contributed by atoms with Crippen LogP contribution in [0.3, 0.4) is 0 Å². The van der Waals surface area contributed by atoms with Crippen LogP contribution in [0.2, 0.25) is 0 Å². The number of urea groups is 1. The number of aliphatic hydroxyl groups is 1. The fourth-order valence-electron chi connectivity index (χ4n) is 1.85. The first-order valence-corrected chi connectivity index (χ1v) is 6.44. The smallest absolute Gasteiger partial charge is 0.328 e. The van der Waals surface area contributed by atoms with Crippen LogP contribution in [0, 0.1) is 0 Å². The quantitative estimate of drug-likeness (QED) is 0.735. The summed E-state index contributed by atoms with van der Waals surface area (Å²) in [7, 11) is 0. The minimum atomic E-state index is -1.25. The molecule has 1 aliphatic rings. The Hall–Kier alpha value is -1.60. The average Bonchev–Trinajstić information content (AvgIpc) is 2.82. The second kappa shape index (κ2) is 5.36. The molecule has 0 saturated heterocycles. The molecule has 0 aliphatic carbocycles. The fraction of sp³-hybridized carbons (Fsp3) is 0.455. The molecule has 2 heterocycles. The van der Waals surface area contributed by atoms with Crippen molar-refractivity contribution in [3.05, 3.63) is 21.9 Å². The van der Waals surface area contributed by atoms with Gasteiger partial charge < -0.3 is 20.4 Å². The summed E-state index contributed by atoms with van der Waals surface area (Å²) < 4.78 is 0. The van der Waals surface area contributed by atoms with E-state index in [1.165, 1.54) is 4.88 Å². The maximum Gasteiger partial charge on any atom is 0.328 e. The Morgan fingerprint density at radius 1 is 1.56 bits per heavy atom. The van der Waals surface area contributed by atoms with Crippen molar-refractivity contribution in [2.24, 2.45) is 0 Å². The Labute approximate surface area is 108 Å². The van der Waals surface area contributed by atoms with Crippen LogP contribution in [0.4, 0.5) is 4.79 Å². The van der Waals surface area contributed by atoms with E-state index < -0.39 is 24.6 Å². The van der Waals surface area contributed by atoms with Crippen LogP contribution in [-0.4, -0.2) is 46.3 Å². The first-order valence-electron chi connectivity index (χ1n) is 5.56. The highest BCUT2D eigenvalue weighted by Gasteiger charge is 2.25. The molecule has 3 N–H and O–H groups in total. The van der Waals surface area contributed by atoms with Gasteiger partial charge >= 0.3 is 12.0 Å². The molecule has 7 heteroatoms. The van der Waals surface area contributed by atoms with Gasteiger partial charge in [-0.05, 0) is 23.4 Å². The summed E-state index contributed by atoms with van der Waals surface area (Å²) in [5, 5.41) is 21.9. The molecule has 0 fully saturated rings. The molecule has 1 aliphatic heterocycles. The number of aliphatic hydroxyl groups excluding tert-OH is 1. The van der Waals surface area contributed by atoms with Crippen molar-refractivity contribution in [3.8, 4) is 0 Å². The van der Waals surface area contributed by atoms with Gasteiger partial charge in [0.2, 0.25) is 0 Å². The molecule has 1 aromatic rings. The third kappa shape index (κ3) is 2.62. The maximum absolute atomic E-state index is 11.8. The zero-order chi connectivity index (χ0) is 13.1. The number of hydrogen-bond acceptors (Lipinski definition) is 4. The number of nitrogens with one attached hydrogen (secondary N) is 1. The van der Waals surface area contributed by atoms with Crippen molar-refractivity contribution in [1.82, 2.24) is 10.2 Å². The van der Waals surface area contributed by atoms with Gasteiger partial charge in [-0.3, -0.25) is 0 Å². The molecular formula is C11H14N2O4S. The predicted molar refractivity (Wildman–Crippen MR) is 65.5 cm³/mol. The van der Waals surface area contributed by atoms with E-state index in [1.54, 1.807) is 16.2 Å². The zero-order valence-electron chi connectivity index (χ0n) is 9.63. The number of carbonyl (C=O) groups excluding carboxylic acids is 1. The second-order valence-electron chi connectivity index (χ2n) is 4.06. The molecule has 18 heavy (non-hydrogen) atoms. The van der Waals surface area contributed by atoms with Crippen LogP contribution in [0.5, 0.6) is 0 Å². The summed E-state index contributed by atoms with van der Waals surface area (Å²) in [6.45, 7) is 0.443. The van der Waals surface area contributed by atoms with Crippen LogP contribution >= 0.6 is 11.3 Å². The van der Waals surface area contributed by atoms with E-state index in [-0.39, 0.29) is 0 Å². The van der Waals surface area contributed by atoms with Crippen molar-refractivity contribution in [2.75, 3.05) is 13.2 Å². The summed E-state index contributed by atoms with van der Waals surface area (Å²) in [5.74, 6) is -1.24. The monoisotopic (exact) mass is 270 g/mol. The Balaban J connectivity index is 1.97. The molecule has 2 rings (SSSR count). The highest BCUT2D eigenvalue weighted by Crippen LogP contribution is 2.23. The van der Waals surface area contributed by atoms with Crippen LogP contribution in [-0.2, 0) is 17.8 Å². The number of carboxylic acids is 1. The molecule has 98 valence electrons. The summed E-state index contributed by atoms with van der Waals surface area (Å²) >= 11 is 1.67. The number of nitrogens with zero attached hydrogens (tertiary/aromatic N) is 1. The van der Waals surface area contributed by atoms with E-state index in [9.17, 15) is 9.59 Å². The van der Waals surface area contributed by atoms with Crippen LogP contribution in [0.15, 0.2) is 11.4 Å². The number of carboxylic acid groups (broad SMARTS) is 1. The standard InChI is InChI=1S/C11H14N2O4S/c14-6-8(10(15)16)12-11(17)13-3-1-9-7(5-13)2-4-18-9/h2,4,8,14H,1,3,5-6H2,(H,12,17)(H,15,16). The molecule has 0 radical (unpaired) electrons. The van der Waals surface area contributed by atoms with E-state index in [2.05, 4.69) is 5.32 Å². The van der Waals surface area contributed by atoms with Crippen molar-refractivity contribution in [3.63, 3.8) is 0 Å². The van der Waals surface area contributed by atoms with Gasteiger partial charge in [-0.1, -0.05) is 0 Å². The summed E-state index contributed by atoms with van der Waals surface area (Å²) in [4.78, 5) is 25.4. The molecule has 2 amide bonds. The minimum absolute atomic E-state index is 0.451. The third-order valence-electron chi connectivity index (χ3n) is 2.87. The molecule has 6 nitrogen and oxygen atoms in total. The lowest BCUT2D eigenvalue weighted by Crippen LogP contribution is -2.50. The van der Waals surface area contributed by atoms with Crippen molar-refractivity contribution in [2.45, 2.75) is 19.0 Å². The minimum Gasteiger partial charge on any atom is -0.480 e. The molecule has 1 unspecified atom stereocenters. The van der Waals surface area contributed by atoms with Gasteiger partial charge in [-0.15, -0.1) is 11.3 Å². The van der Waals surface area contributed by atoms with E-state index in [4.69, 9.17) is 10.2 Å². The lowest BCUT2D eigenvalue weighted by molar-refractivity contribution is -0.140. The SMILES string of the molecule is O=C(O)C(CO)NC(=O)N1CCc2sccc2C1. The summed E-state index contributed by atoms with van der Waals surface area (Å²) in [5.41, 5.74) is 1.11. The van der Waals surface area contributed by atoms with E-state index in [0.717, 1.165) is 12.0 Å². The Kier molecular flexibility index (Phi) is 3.83. The number of hydrogen-bond donors (Lipinski definition) is 3. The normalized spacial score (nSPS) is 15.9. The number of thiophene rings is 1. The van der Waals surface area contributed by atoms with Gasteiger partial charge in [-0.2, -0.15) is 0 Å². The maximum atomic E-state index is 11.8. The predicted octanol–water partition coefficient (Wildman–Crippen LogP) is 0.261. The second-order valence-corrected chi connectivity index (χ2v) is 5.06. The van der Waals surface area contributed by atoms with Gasteiger partial charge in [0, 0.05) is 18.0 Å². The topological polar surface area (TPSA) is 89.9 Å². The number of fused-ring (bicyclic) bond motifs is 1. The highest BCUT2D eigenvalue weighted by molar-refractivity contribution is 7.10. The zero-order valence-corrected chi connectivity index (χ0v) is 10.4. The van der Waals surface area contributed by atoms with Gasteiger partial charge in [0.1, 0.15) is 0 Å². The number of amides is 2. The lowest BCUT2D eigenvalue weighted by atomic mass is 10.1. The van der Waals surface area contributed by atoms with Crippen LogP contribution in [0.25, 0.3) is 0 Å².